The van der Waals surface area contributed by atoms with Gasteiger partial charge in [0.25, 0.3) is 0 Å². The molecule has 8 nitrogen and oxygen atoms in total. The van der Waals surface area contributed by atoms with E-state index in [9.17, 15) is 9.59 Å². The standard InChI is InChI=1S/C20H22ClN5O3/c1-12(27)29-15-8-6-14(7-9-15)23-19-22-10-13-11-26(20(28)25-18(13)24-19)17-5-3-2-4-16(17)21/h2-5,10,14-15H,6-9,11H2,1H3,(H2,22,23,24,25,28)/t14-,15-. The largest absolute Gasteiger partial charge is 0.463 e. The Morgan fingerprint density at radius 3 is 2.76 bits per heavy atom. The minimum absolute atomic E-state index is 0.00918. The number of anilines is 3. The second-order valence-corrected chi connectivity index (χ2v) is 7.67. The Hall–Kier alpha value is -2.87. The third kappa shape index (κ3) is 4.42. The van der Waals surface area contributed by atoms with E-state index in [-0.39, 0.29) is 24.1 Å². The van der Waals surface area contributed by atoms with Crippen molar-refractivity contribution < 1.29 is 14.3 Å². The number of hydrogen-bond donors (Lipinski definition) is 2. The highest BCUT2D eigenvalue weighted by molar-refractivity contribution is 6.34. The molecule has 152 valence electrons. The minimum atomic E-state index is -0.280. The van der Waals surface area contributed by atoms with Crippen molar-refractivity contribution in [2.75, 3.05) is 15.5 Å². The van der Waals surface area contributed by atoms with Gasteiger partial charge in [-0.15, -0.1) is 0 Å². The van der Waals surface area contributed by atoms with Crippen LogP contribution in [-0.2, 0) is 16.1 Å². The number of halogens is 1. The molecule has 2 N–H and O–H groups in total. The van der Waals surface area contributed by atoms with Gasteiger partial charge in [-0.05, 0) is 37.8 Å². The van der Waals surface area contributed by atoms with Crippen molar-refractivity contribution in [3.05, 3.63) is 41.0 Å². The number of rotatable bonds is 4. The van der Waals surface area contributed by atoms with Gasteiger partial charge in [0.2, 0.25) is 5.95 Å². The summed E-state index contributed by atoms with van der Waals surface area (Å²) in [6.07, 6.45) is 5.07. The van der Waals surface area contributed by atoms with Crippen molar-refractivity contribution in [1.29, 1.82) is 0 Å². The third-order valence-corrected chi connectivity index (χ3v) is 5.47. The number of carbonyl (C=O) groups is 2. The molecule has 0 atom stereocenters. The van der Waals surface area contributed by atoms with Crippen LogP contribution in [0, 0.1) is 0 Å². The number of urea groups is 1. The molecule has 0 unspecified atom stereocenters. The van der Waals surface area contributed by atoms with Crippen LogP contribution in [0.5, 0.6) is 0 Å². The Labute approximate surface area is 173 Å². The predicted molar refractivity (Wildman–Crippen MR) is 110 cm³/mol. The number of nitrogens with zero attached hydrogens (tertiary/aromatic N) is 3. The number of hydrogen-bond acceptors (Lipinski definition) is 6. The number of para-hydroxylation sites is 1. The number of aromatic nitrogens is 2. The topological polar surface area (TPSA) is 96.5 Å². The van der Waals surface area contributed by atoms with Gasteiger partial charge in [0.1, 0.15) is 11.9 Å². The molecule has 1 aromatic heterocycles. The maximum absolute atomic E-state index is 12.6. The summed E-state index contributed by atoms with van der Waals surface area (Å²) >= 11 is 6.23. The van der Waals surface area contributed by atoms with E-state index in [4.69, 9.17) is 16.3 Å². The van der Waals surface area contributed by atoms with Gasteiger partial charge >= 0.3 is 12.0 Å². The summed E-state index contributed by atoms with van der Waals surface area (Å²) in [7, 11) is 0. The van der Waals surface area contributed by atoms with Crippen molar-refractivity contribution in [3.8, 4) is 0 Å². The summed E-state index contributed by atoms with van der Waals surface area (Å²) in [5, 5.41) is 6.65. The third-order valence-electron chi connectivity index (χ3n) is 5.15. The smallest absolute Gasteiger partial charge is 0.327 e. The molecule has 0 radical (unpaired) electrons. The van der Waals surface area contributed by atoms with Crippen molar-refractivity contribution >= 4 is 41.1 Å². The van der Waals surface area contributed by atoms with Gasteiger partial charge in [-0.1, -0.05) is 23.7 Å². The first-order chi connectivity index (χ1) is 14.0. The molecule has 2 aliphatic rings. The van der Waals surface area contributed by atoms with Gasteiger partial charge < -0.3 is 10.1 Å². The van der Waals surface area contributed by atoms with E-state index in [1.165, 1.54) is 6.92 Å². The number of esters is 1. The first-order valence-electron chi connectivity index (χ1n) is 9.62. The molecule has 1 aromatic carbocycles. The van der Waals surface area contributed by atoms with Crippen LogP contribution in [0.15, 0.2) is 30.5 Å². The van der Waals surface area contributed by atoms with Crippen molar-refractivity contribution in [1.82, 2.24) is 9.97 Å². The van der Waals surface area contributed by atoms with E-state index < -0.39 is 0 Å². The fourth-order valence-corrected chi connectivity index (χ4v) is 3.96. The van der Waals surface area contributed by atoms with Gasteiger partial charge in [0.15, 0.2) is 0 Å². The Morgan fingerprint density at radius 1 is 1.28 bits per heavy atom. The van der Waals surface area contributed by atoms with Crippen LogP contribution in [0.25, 0.3) is 0 Å². The zero-order valence-electron chi connectivity index (χ0n) is 16.0. The predicted octanol–water partition coefficient (Wildman–Crippen LogP) is 3.97. The van der Waals surface area contributed by atoms with Crippen LogP contribution in [0.2, 0.25) is 5.02 Å². The maximum atomic E-state index is 12.6. The van der Waals surface area contributed by atoms with Gasteiger partial charge in [0, 0.05) is 24.7 Å². The first-order valence-corrected chi connectivity index (χ1v) is 10.00. The summed E-state index contributed by atoms with van der Waals surface area (Å²) in [4.78, 5) is 34.1. The molecule has 9 heteroatoms. The molecule has 4 rings (SSSR count). The second-order valence-electron chi connectivity index (χ2n) is 7.26. The average Bonchev–Trinajstić information content (AvgIpc) is 2.69. The number of amides is 2. The molecule has 2 aromatic rings. The van der Waals surface area contributed by atoms with Gasteiger partial charge in [0.05, 0.1) is 17.3 Å². The van der Waals surface area contributed by atoms with Crippen LogP contribution in [-0.4, -0.2) is 34.1 Å². The van der Waals surface area contributed by atoms with Gasteiger partial charge in [-0.25, -0.2) is 9.78 Å². The fourth-order valence-electron chi connectivity index (χ4n) is 3.72. The zero-order valence-corrected chi connectivity index (χ0v) is 16.8. The molecule has 1 saturated carbocycles. The van der Waals surface area contributed by atoms with Crippen molar-refractivity contribution in [3.63, 3.8) is 0 Å². The summed E-state index contributed by atoms with van der Waals surface area (Å²) in [6.45, 7) is 1.78. The fraction of sp³-hybridized carbons (Fsp3) is 0.400. The Kier molecular flexibility index (Phi) is 5.53. The molecule has 2 amide bonds. The molecule has 1 aliphatic heterocycles. The van der Waals surface area contributed by atoms with Crippen LogP contribution in [0.1, 0.15) is 38.2 Å². The Morgan fingerprint density at radius 2 is 2.03 bits per heavy atom. The second kappa shape index (κ2) is 8.24. The molecular weight excluding hydrogens is 394 g/mol. The number of carbonyl (C=O) groups excluding carboxylic acids is 2. The van der Waals surface area contributed by atoms with Crippen molar-refractivity contribution in [2.45, 2.75) is 51.3 Å². The molecule has 29 heavy (non-hydrogen) atoms. The molecule has 0 saturated heterocycles. The molecule has 0 bridgehead atoms. The highest BCUT2D eigenvalue weighted by Crippen LogP contribution is 2.31. The van der Waals surface area contributed by atoms with Crippen molar-refractivity contribution in [2.24, 2.45) is 0 Å². The lowest BCUT2D eigenvalue weighted by molar-refractivity contribution is -0.147. The van der Waals surface area contributed by atoms with E-state index in [0.29, 0.717) is 29.0 Å². The monoisotopic (exact) mass is 415 g/mol. The van der Waals surface area contributed by atoms with Gasteiger partial charge in [-0.2, -0.15) is 4.98 Å². The number of nitrogens with one attached hydrogen (secondary N) is 2. The average molecular weight is 416 g/mol. The first kappa shape index (κ1) is 19.4. The lowest BCUT2D eigenvalue weighted by atomic mass is 9.93. The Balaban J connectivity index is 1.42. The molecule has 1 fully saturated rings. The SMILES string of the molecule is CC(=O)O[C@H]1CC[C@H](Nc2ncc3c(n2)NC(=O)N(c2ccccc2Cl)C3)CC1. The lowest BCUT2D eigenvalue weighted by Gasteiger charge is -2.30. The highest BCUT2D eigenvalue weighted by Gasteiger charge is 2.28. The summed E-state index contributed by atoms with van der Waals surface area (Å²) in [5.74, 6) is 0.747. The van der Waals surface area contributed by atoms with Gasteiger partial charge in [-0.3, -0.25) is 15.0 Å². The van der Waals surface area contributed by atoms with E-state index >= 15 is 0 Å². The quantitative estimate of drug-likeness (QED) is 0.733. The molecule has 0 spiro atoms. The normalized spacial score (nSPS) is 21.2. The summed E-state index contributed by atoms with van der Waals surface area (Å²) in [6, 6.07) is 7.14. The minimum Gasteiger partial charge on any atom is -0.463 e. The van der Waals surface area contributed by atoms with E-state index in [2.05, 4.69) is 20.6 Å². The van der Waals surface area contributed by atoms with Crippen LogP contribution in [0.4, 0.5) is 22.2 Å². The summed E-state index contributed by atoms with van der Waals surface area (Å²) in [5.41, 5.74) is 1.46. The number of fused-ring (bicyclic) bond motifs is 1. The lowest BCUT2D eigenvalue weighted by Crippen LogP contribution is -2.39. The van der Waals surface area contributed by atoms with Crippen LogP contribution >= 0.6 is 11.6 Å². The van der Waals surface area contributed by atoms with E-state index in [0.717, 1.165) is 31.2 Å². The van der Waals surface area contributed by atoms with E-state index in [1.54, 1.807) is 23.2 Å². The molecular formula is C20H22ClN5O3. The number of ether oxygens (including phenoxy) is 1. The summed E-state index contributed by atoms with van der Waals surface area (Å²) < 4.78 is 5.27. The van der Waals surface area contributed by atoms with Crippen LogP contribution in [0.3, 0.4) is 0 Å². The highest BCUT2D eigenvalue weighted by atomic mass is 35.5. The maximum Gasteiger partial charge on any atom is 0.327 e. The molecule has 1 aliphatic carbocycles. The number of benzene rings is 1. The molecule has 2 heterocycles. The van der Waals surface area contributed by atoms with E-state index in [1.807, 2.05) is 12.1 Å². The zero-order chi connectivity index (χ0) is 20.4. The Bertz CT molecular complexity index is 930. The van der Waals surface area contributed by atoms with Crippen LogP contribution < -0.4 is 15.5 Å².